The minimum absolute atomic E-state index is 0.334. The van der Waals surface area contributed by atoms with Gasteiger partial charge in [0.05, 0.1) is 10.3 Å². The number of rotatable bonds is 4. The molecule has 0 unspecified atom stereocenters. The van der Waals surface area contributed by atoms with E-state index in [9.17, 15) is 0 Å². The molecule has 0 aliphatic rings. The van der Waals surface area contributed by atoms with Crippen molar-refractivity contribution >= 4 is 27.4 Å². The van der Waals surface area contributed by atoms with Crippen LogP contribution in [0.15, 0.2) is 24.7 Å². The van der Waals surface area contributed by atoms with Crippen LogP contribution in [-0.2, 0) is 7.05 Å². The van der Waals surface area contributed by atoms with Gasteiger partial charge in [0.15, 0.2) is 11.6 Å². The van der Waals surface area contributed by atoms with Gasteiger partial charge in [-0.2, -0.15) is 5.10 Å². The topological polar surface area (TPSA) is 73.5 Å². The molecule has 4 aromatic heterocycles. The standard InChI is InChI=1S/C18H21N7S.C2H6/c1-10(2)25-8-6-12(23-25)14-11(3)13-15(19-4)21-16(22-18(13)26-14)17-20-7-9-24(17)5;1-2/h6-10H,1-5H3,(H,19,21,22);1-2H3. The summed E-state index contributed by atoms with van der Waals surface area (Å²) in [7, 11) is 3.83. The largest absolute Gasteiger partial charge is 0.372 e. The van der Waals surface area contributed by atoms with Crippen LogP contribution in [0.1, 0.15) is 39.3 Å². The highest BCUT2D eigenvalue weighted by molar-refractivity contribution is 7.22. The van der Waals surface area contributed by atoms with Gasteiger partial charge in [-0.15, -0.1) is 11.3 Å². The third-order valence-corrected chi connectivity index (χ3v) is 5.63. The zero-order chi connectivity index (χ0) is 20.4. The Hall–Kier alpha value is -2.74. The Morgan fingerprint density at radius 1 is 1.14 bits per heavy atom. The van der Waals surface area contributed by atoms with E-state index in [1.54, 1.807) is 17.5 Å². The molecule has 4 aromatic rings. The Morgan fingerprint density at radius 3 is 2.46 bits per heavy atom. The van der Waals surface area contributed by atoms with E-state index in [-0.39, 0.29) is 0 Å². The molecule has 4 rings (SSSR count). The van der Waals surface area contributed by atoms with Crippen LogP contribution in [-0.4, -0.2) is 36.3 Å². The third kappa shape index (κ3) is 3.40. The number of fused-ring (bicyclic) bond motifs is 1. The lowest BCUT2D eigenvalue weighted by Crippen LogP contribution is -2.01. The fourth-order valence-electron chi connectivity index (χ4n) is 2.99. The van der Waals surface area contributed by atoms with E-state index in [1.807, 2.05) is 49.6 Å². The maximum absolute atomic E-state index is 4.79. The minimum atomic E-state index is 0.334. The second-order valence-electron chi connectivity index (χ2n) is 6.52. The highest BCUT2D eigenvalue weighted by atomic mass is 32.1. The van der Waals surface area contributed by atoms with Crippen LogP contribution in [0.4, 0.5) is 5.82 Å². The number of thiophene rings is 1. The van der Waals surface area contributed by atoms with Crippen molar-refractivity contribution in [3.05, 3.63) is 30.2 Å². The van der Waals surface area contributed by atoms with E-state index < -0.39 is 0 Å². The van der Waals surface area contributed by atoms with Gasteiger partial charge >= 0.3 is 0 Å². The summed E-state index contributed by atoms with van der Waals surface area (Å²) in [4.78, 5) is 15.9. The summed E-state index contributed by atoms with van der Waals surface area (Å²) in [6.07, 6.45) is 5.67. The van der Waals surface area contributed by atoms with Gasteiger partial charge in [0, 0.05) is 38.7 Å². The van der Waals surface area contributed by atoms with Gasteiger partial charge in [-0.3, -0.25) is 4.68 Å². The molecular formula is C20H27N7S. The molecule has 0 bridgehead atoms. The third-order valence-electron chi connectivity index (χ3n) is 4.42. The first-order chi connectivity index (χ1) is 13.5. The first kappa shape index (κ1) is 20.0. The molecule has 0 saturated carbocycles. The SMILES string of the molecule is CC.CNc1nc(-c2nccn2C)nc2sc(-c3ccn(C(C)C)n3)c(C)c12. The Labute approximate surface area is 169 Å². The zero-order valence-corrected chi connectivity index (χ0v) is 18.3. The van der Waals surface area contributed by atoms with Crippen LogP contribution in [0.2, 0.25) is 0 Å². The molecule has 0 fully saturated rings. The van der Waals surface area contributed by atoms with Crippen LogP contribution in [0.3, 0.4) is 0 Å². The van der Waals surface area contributed by atoms with E-state index in [2.05, 4.69) is 37.1 Å². The van der Waals surface area contributed by atoms with Crippen LogP contribution in [0, 0.1) is 6.92 Å². The zero-order valence-electron chi connectivity index (χ0n) is 17.5. The number of imidazole rings is 1. The van der Waals surface area contributed by atoms with Crippen LogP contribution < -0.4 is 5.32 Å². The Bertz CT molecular complexity index is 1090. The molecule has 0 spiro atoms. The molecule has 8 heteroatoms. The first-order valence-corrected chi connectivity index (χ1v) is 10.3. The molecule has 28 heavy (non-hydrogen) atoms. The molecule has 0 aromatic carbocycles. The number of anilines is 1. The summed E-state index contributed by atoms with van der Waals surface area (Å²) in [6.45, 7) is 10.4. The molecule has 148 valence electrons. The summed E-state index contributed by atoms with van der Waals surface area (Å²) < 4.78 is 3.90. The summed E-state index contributed by atoms with van der Waals surface area (Å²) in [5.41, 5.74) is 2.12. The van der Waals surface area contributed by atoms with Gasteiger partial charge in [-0.1, -0.05) is 13.8 Å². The van der Waals surface area contributed by atoms with Crippen molar-refractivity contribution in [2.24, 2.45) is 7.05 Å². The van der Waals surface area contributed by atoms with E-state index in [0.29, 0.717) is 11.9 Å². The number of hydrogen-bond acceptors (Lipinski definition) is 6. The quantitative estimate of drug-likeness (QED) is 0.529. The van der Waals surface area contributed by atoms with Gasteiger partial charge in [0.25, 0.3) is 0 Å². The fraction of sp³-hybridized carbons (Fsp3) is 0.400. The van der Waals surface area contributed by atoms with Gasteiger partial charge in [0.1, 0.15) is 16.3 Å². The number of nitrogens with zero attached hydrogens (tertiary/aromatic N) is 6. The first-order valence-electron chi connectivity index (χ1n) is 9.51. The lowest BCUT2D eigenvalue weighted by atomic mass is 10.1. The highest BCUT2D eigenvalue weighted by Crippen LogP contribution is 2.40. The van der Waals surface area contributed by atoms with Crippen LogP contribution >= 0.6 is 11.3 Å². The lowest BCUT2D eigenvalue weighted by molar-refractivity contribution is 0.534. The molecule has 0 amide bonds. The number of nitrogens with one attached hydrogen (secondary N) is 1. The molecule has 4 heterocycles. The Morgan fingerprint density at radius 2 is 1.89 bits per heavy atom. The van der Waals surface area contributed by atoms with Crippen molar-refractivity contribution in [1.82, 2.24) is 29.3 Å². The second kappa shape index (κ2) is 8.10. The minimum Gasteiger partial charge on any atom is -0.372 e. The Kier molecular flexibility index (Phi) is 5.79. The molecule has 7 nitrogen and oxygen atoms in total. The number of aryl methyl sites for hydroxylation is 2. The molecule has 1 N–H and O–H groups in total. The number of aromatic nitrogens is 6. The summed E-state index contributed by atoms with van der Waals surface area (Å²) in [5.74, 6) is 2.19. The Balaban J connectivity index is 0.00000109. The summed E-state index contributed by atoms with van der Waals surface area (Å²) in [5, 5.41) is 8.98. The van der Waals surface area contributed by atoms with Gasteiger partial charge in [-0.25, -0.2) is 15.0 Å². The predicted molar refractivity (Wildman–Crippen MR) is 117 cm³/mol. The maximum Gasteiger partial charge on any atom is 0.199 e. The second-order valence-corrected chi connectivity index (χ2v) is 7.52. The summed E-state index contributed by atoms with van der Waals surface area (Å²) in [6, 6.07) is 2.39. The van der Waals surface area contributed by atoms with Crippen molar-refractivity contribution in [2.75, 3.05) is 12.4 Å². The van der Waals surface area contributed by atoms with Gasteiger partial charge in [-0.05, 0) is 32.4 Å². The lowest BCUT2D eigenvalue weighted by Gasteiger charge is -2.06. The molecular weight excluding hydrogens is 370 g/mol. The van der Waals surface area contributed by atoms with E-state index >= 15 is 0 Å². The molecule has 0 atom stereocenters. The van der Waals surface area contributed by atoms with E-state index in [1.165, 1.54) is 0 Å². The van der Waals surface area contributed by atoms with Crippen molar-refractivity contribution in [2.45, 2.75) is 40.7 Å². The van der Waals surface area contributed by atoms with Gasteiger partial charge < -0.3 is 9.88 Å². The summed E-state index contributed by atoms with van der Waals surface area (Å²) >= 11 is 1.64. The smallest absolute Gasteiger partial charge is 0.199 e. The molecule has 0 radical (unpaired) electrons. The number of hydrogen-bond donors (Lipinski definition) is 1. The fourth-order valence-corrected chi connectivity index (χ4v) is 4.14. The monoisotopic (exact) mass is 397 g/mol. The molecule has 0 aliphatic heterocycles. The van der Waals surface area contributed by atoms with Crippen molar-refractivity contribution in [3.8, 4) is 22.2 Å². The normalized spacial score (nSPS) is 11.0. The van der Waals surface area contributed by atoms with Crippen molar-refractivity contribution in [1.29, 1.82) is 0 Å². The predicted octanol–water partition coefficient (Wildman–Crippen LogP) is 4.91. The molecule has 0 aliphatic carbocycles. The highest BCUT2D eigenvalue weighted by Gasteiger charge is 2.20. The average Bonchev–Trinajstić information content (AvgIpc) is 3.41. The maximum atomic E-state index is 4.79. The van der Waals surface area contributed by atoms with Crippen LogP contribution in [0.5, 0.6) is 0 Å². The van der Waals surface area contributed by atoms with Gasteiger partial charge in [0.2, 0.25) is 0 Å². The van der Waals surface area contributed by atoms with Crippen LogP contribution in [0.25, 0.3) is 32.4 Å². The molecule has 0 saturated heterocycles. The van der Waals surface area contributed by atoms with E-state index in [4.69, 9.17) is 15.1 Å². The van der Waals surface area contributed by atoms with Crippen molar-refractivity contribution < 1.29 is 0 Å². The van der Waals surface area contributed by atoms with Crippen molar-refractivity contribution in [3.63, 3.8) is 0 Å². The van der Waals surface area contributed by atoms with E-state index in [0.717, 1.165) is 38.0 Å². The average molecular weight is 398 g/mol.